The molecule has 0 saturated carbocycles. The van der Waals surface area contributed by atoms with Gasteiger partial charge < -0.3 is 5.11 Å². The molecule has 0 aromatic carbocycles. The van der Waals surface area contributed by atoms with E-state index in [1.807, 2.05) is 6.92 Å². The number of thiophene rings is 1. The van der Waals surface area contributed by atoms with Crippen LogP contribution in [0.2, 0.25) is 8.67 Å². The second kappa shape index (κ2) is 5.26. The Kier molecular flexibility index (Phi) is 3.90. The van der Waals surface area contributed by atoms with Crippen LogP contribution in [-0.4, -0.2) is 16.1 Å². The van der Waals surface area contributed by atoms with Gasteiger partial charge in [-0.05, 0) is 24.6 Å². The Balaban J connectivity index is 2.54. The van der Waals surface area contributed by atoms with Crippen molar-refractivity contribution in [3.05, 3.63) is 38.1 Å². The molecular weight excluding hydrogens is 293 g/mol. The van der Waals surface area contributed by atoms with Crippen molar-refractivity contribution in [2.45, 2.75) is 13.3 Å². The summed E-state index contributed by atoms with van der Waals surface area (Å²) in [6.45, 7) is 1.86. The summed E-state index contributed by atoms with van der Waals surface area (Å²) in [6.07, 6.45) is 0.547. The number of aromatic nitrogens is 1. The lowest BCUT2D eigenvalue weighted by atomic mass is 10.1. The number of aromatic carboxylic acids is 1. The van der Waals surface area contributed by atoms with Crippen LogP contribution in [0.25, 0.3) is 11.3 Å². The molecule has 0 radical (unpaired) electrons. The van der Waals surface area contributed by atoms with Crippen LogP contribution < -0.4 is 0 Å². The minimum absolute atomic E-state index is 0.221. The molecule has 0 aliphatic carbocycles. The maximum atomic E-state index is 11.0. The number of rotatable bonds is 3. The molecule has 3 nitrogen and oxygen atoms in total. The number of carbonyl (C=O) groups is 1. The van der Waals surface area contributed by atoms with Gasteiger partial charge in [0, 0.05) is 5.56 Å². The fourth-order valence-corrected chi connectivity index (χ4v) is 3.11. The summed E-state index contributed by atoms with van der Waals surface area (Å²) >= 11 is 13.2. The predicted octanol–water partition coefficient (Wildman–Crippen LogP) is 4.38. The van der Waals surface area contributed by atoms with Gasteiger partial charge in [-0.1, -0.05) is 30.1 Å². The van der Waals surface area contributed by atoms with Crippen LogP contribution in [0.3, 0.4) is 0 Å². The molecule has 1 N–H and O–H groups in total. The van der Waals surface area contributed by atoms with Gasteiger partial charge in [0.05, 0.1) is 21.3 Å². The fraction of sp³-hybridized carbons (Fsp3) is 0.167. The molecular formula is C12H9Cl2NO2S. The van der Waals surface area contributed by atoms with Crippen LogP contribution >= 0.6 is 34.5 Å². The van der Waals surface area contributed by atoms with Crippen molar-refractivity contribution >= 4 is 40.5 Å². The van der Waals surface area contributed by atoms with Crippen molar-refractivity contribution in [2.24, 2.45) is 0 Å². The predicted molar refractivity (Wildman–Crippen MR) is 73.9 cm³/mol. The number of hydrogen-bond acceptors (Lipinski definition) is 3. The Labute approximate surface area is 118 Å². The van der Waals surface area contributed by atoms with Crippen LogP contribution in [-0.2, 0) is 6.42 Å². The molecule has 2 rings (SSSR count). The highest BCUT2D eigenvalue weighted by molar-refractivity contribution is 7.20. The highest BCUT2D eigenvalue weighted by Gasteiger charge is 2.14. The van der Waals surface area contributed by atoms with E-state index in [9.17, 15) is 4.79 Å². The SMILES string of the molecule is CCc1nc(-c2cc(Cl)sc2Cl)ccc1C(=O)O. The van der Waals surface area contributed by atoms with E-state index in [1.54, 1.807) is 18.2 Å². The normalized spacial score (nSPS) is 10.6. The first kappa shape index (κ1) is 13.3. The van der Waals surface area contributed by atoms with Crippen molar-refractivity contribution < 1.29 is 9.90 Å². The second-order valence-electron chi connectivity index (χ2n) is 3.59. The lowest BCUT2D eigenvalue weighted by Crippen LogP contribution is -2.04. The third-order valence-electron chi connectivity index (χ3n) is 2.47. The molecule has 2 heterocycles. The van der Waals surface area contributed by atoms with Crippen LogP contribution in [0.5, 0.6) is 0 Å². The molecule has 0 atom stereocenters. The zero-order chi connectivity index (χ0) is 13.3. The van der Waals surface area contributed by atoms with Crippen LogP contribution in [0.15, 0.2) is 18.2 Å². The third kappa shape index (κ3) is 2.51. The maximum absolute atomic E-state index is 11.0. The van der Waals surface area contributed by atoms with E-state index in [1.165, 1.54) is 11.3 Å². The average Bonchev–Trinajstić information content (AvgIpc) is 2.67. The van der Waals surface area contributed by atoms with Crippen molar-refractivity contribution in [1.82, 2.24) is 4.98 Å². The van der Waals surface area contributed by atoms with Gasteiger partial charge >= 0.3 is 5.97 Å². The van der Waals surface area contributed by atoms with Gasteiger partial charge in [0.2, 0.25) is 0 Å². The molecule has 18 heavy (non-hydrogen) atoms. The topological polar surface area (TPSA) is 50.2 Å². The highest BCUT2D eigenvalue weighted by atomic mass is 35.5. The Morgan fingerprint density at radius 3 is 2.67 bits per heavy atom. The molecule has 0 aliphatic rings. The summed E-state index contributed by atoms with van der Waals surface area (Å²) in [5.41, 5.74) is 2.14. The number of carboxylic acids is 1. The molecule has 2 aromatic heterocycles. The summed E-state index contributed by atoms with van der Waals surface area (Å²) in [6, 6.07) is 4.93. The second-order valence-corrected chi connectivity index (χ2v) is 5.87. The standard InChI is InChI=1S/C12H9Cl2NO2S/c1-2-8-6(12(16)17)3-4-9(15-8)7-5-10(13)18-11(7)14/h3-5H,2H2,1H3,(H,16,17). The van der Waals surface area contributed by atoms with E-state index in [0.29, 0.717) is 26.5 Å². The minimum atomic E-state index is -0.972. The quantitative estimate of drug-likeness (QED) is 0.915. The van der Waals surface area contributed by atoms with Crippen LogP contribution in [0.1, 0.15) is 23.0 Å². The first-order chi connectivity index (χ1) is 8.52. The average molecular weight is 302 g/mol. The van der Waals surface area contributed by atoms with Crippen molar-refractivity contribution in [1.29, 1.82) is 0 Å². The van der Waals surface area contributed by atoms with Gasteiger partial charge in [-0.15, -0.1) is 11.3 Å². The van der Waals surface area contributed by atoms with Crippen LogP contribution in [0, 0.1) is 0 Å². The zero-order valence-electron chi connectivity index (χ0n) is 9.41. The fourth-order valence-electron chi connectivity index (χ4n) is 1.63. The molecule has 94 valence electrons. The van der Waals surface area contributed by atoms with Gasteiger partial charge in [-0.3, -0.25) is 4.98 Å². The van der Waals surface area contributed by atoms with Crippen molar-refractivity contribution in [2.75, 3.05) is 0 Å². The number of halogens is 2. The maximum Gasteiger partial charge on any atom is 0.337 e. The van der Waals surface area contributed by atoms with Crippen LogP contribution in [0.4, 0.5) is 0 Å². The largest absolute Gasteiger partial charge is 0.478 e. The van der Waals surface area contributed by atoms with Gasteiger partial charge in [-0.25, -0.2) is 4.79 Å². The molecule has 6 heteroatoms. The number of hydrogen-bond donors (Lipinski definition) is 1. The molecule has 0 unspecified atom stereocenters. The zero-order valence-corrected chi connectivity index (χ0v) is 11.7. The van der Waals surface area contributed by atoms with E-state index in [0.717, 1.165) is 5.56 Å². The Morgan fingerprint density at radius 1 is 1.44 bits per heavy atom. The Hall–Kier alpha value is -1.10. The Morgan fingerprint density at radius 2 is 2.17 bits per heavy atom. The molecule has 0 aliphatic heterocycles. The minimum Gasteiger partial charge on any atom is -0.478 e. The summed E-state index contributed by atoms with van der Waals surface area (Å²) in [5.74, 6) is -0.972. The Bertz CT molecular complexity index is 610. The van der Waals surface area contributed by atoms with Gasteiger partial charge in [0.25, 0.3) is 0 Å². The first-order valence-corrected chi connectivity index (χ1v) is 6.78. The molecule has 0 amide bonds. The molecule has 0 fully saturated rings. The third-order valence-corrected chi connectivity index (χ3v) is 3.96. The molecule has 0 bridgehead atoms. The summed E-state index contributed by atoms with van der Waals surface area (Å²) in [5, 5.41) is 9.03. The molecule has 2 aromatic rings. The number of aryl methyl sites for hydroxylation is 1. The monoisotopic (exact) mass is 301 g/mol. The lowest BCUT2D eigenvalue weighted by Gasteiger charge is -2.05. The molecule has 0 saturated heterocycles. The van der Waals surface area contributed by atoms with E-state index in [2.05, 4.69) is 4.98 Å². The van der Waals surface area contributed by atoms with E-state index < -0.39 is 5.97 Å². The summed E-state index contributed by atoms with van der Waals surface area (Å²) in [4.78, 5) is 15.4. The van der Waals surface area contributed by atoms with Gasteiger partial charge in [-0.2, -0.15) is 0 Å². The smallest absolute Gasteiger partial charge is 0.337 e. The van der Waals surface area contributed by atoms with Gasteiger partial charge in [0.15, 0.2) is 0 Å². The number of pyridine rings is 1. The number of carboxylic acid groups (broad SMARTS) is 1. The van der Waals surface area contributed by atoms with E-state index in [-0.39, 0.29) is 5.56 Å². The van der Waals surface area contributed by atoms with E-state index in [4.69, 9.17) is 28.3 Å². The first-order valence-electron chi connectivity index (χ1n) is 5.21. The lowest BCUT2D eigenvalue weighted by molar-refractivity contribution is 0.0695. The van der Waals surface area contributed by atoms with E-state index >= 15 is 0 Å². The molecule has 0 spiro atoms. The number of nitrogens with zero attached hydrogens (tertiary/aromatic N) is 1. The summed E-state index contributed by atoms with van der Waals surface area (Å²) < 4.78 is 1.13. The van der Waals surface area contributed by atoms with Crippen molar-refractivity contribution in [3.63, 3.8) is 0 Å². The summed E-state index contributed by atoms with van der Waals surface area (Å²) in [7, 11) is 0. The van der Waals surface area contributed by atoms with Crippen molar-refractivity contribution in [3.8, 4) is 11.3 Å². The van der Waals surface area contributed by atoms with Gasteiger partial charge in [0.1, 0.15) is 4.34 Å². The highest BCUT2D eigenvalue weighted by Crippen LogP contribution is 2.37.